The first kappa shape index (κ1) is 16.7. The molecule has 2 unspecified atom stereocenters. The van der Waals surface area contributed by atoms with E-state index in [0.717, 1.165) is 10.0 Å². The monoisotopic (exact) mass is 341 g/mol. The molecule has 0 radical (unpaired) electrons. The van der Waals surface area contributed by atoms with Crippen molar-refractivity contribution in [2.45, 2.75) is 32.9 Å². The van der Waals surface area contributed by atoms with E-state index in [9.17, 15) is 9.59 Å². The van der Waals surface area contributed by atoms with Crippen LogP contribution < -0.4 is 16.0 Å². The van der Waals surface area contributed by atoms with Gasteiger partial charge in [0, 0.05) is 17.1 Å². The van der Waals surface area contributed by atoms with E-state index in [0.29, 0.717) is 6.54 Å². The minimum absolute atomic E-state index is 0.00230. The van der Waals surface area contributed by atoms with Gasteiger partial charge in [0.25, 0.3) is 0 Å². The Hall–Kier alpha value is -1.40. The molecule has 6 heteroatoms. The number of imide groups is 1. The normalized spacial score (nSPS) is 13.4. The molecule has 5 nitrogen and oxygen atoms in total. The SMILES string of the molecule is CCNC(=O)NC(=O)C(C)NC(C)c1cccc(Br)c1. The Kier molecular flexibility index (Phi) is 6.67. The highest BCUT2D eigenvalue weighted by molar-refractivity contribution is 9.10. The molecule has 110 valence electrons. The Labute approximate surface area is 127 Å². The Morgan fingerprint density at radius 3 is 2.60 bits per heavy atom. The van der Waals surface area contributed by atoms with E-state index >= 15 is 0 Å². The molecule has 0 aliphatic carbocycles. The van der Waals surface area contributed by atoms with Crippen molar-refractivity contribution >= 4 is 27.9 Å². The van der Waals surface area contributed by atoms with E-state index in [1.807, 2.05) is 31.2 Å². The zero-order valence-electron chi connectivity index (χ0n) is 11.9. The van der Waals surface area contributed by atoms with Gasteiger partial charge >= 0.3 is 6.03 Å². The van der Waals surface area contributed by atoms with Crippen LogP contribution in [0.4, 0.5) is 4.79 Å². The van der Waals surface area contributed by atoms with Crippen LogP contribution in [0.2, 0.25) is 0 Å². The molecule has 1 aromatic carbocycles. The van der Waals surface area contributed by atoms with Crippen LogP contribution in [-0.4, -0.2) is 24.5 Å². The molecule has 0 spiro atoms. The number of amides is 3. The average Bonchev–Trinajstić information content (AvgIpc) is 2.38. The van der Waals surface area contributed by atoms with Gasteiger partial charge in [0.2, 0.25) is 5.91 Å². The molecule has 0 saturated carbocycles. The molecule has 0 bridgehead atoms. The number of nitrogens with one attached hydrogen (secondary N) is 3. The van der Waals surface area contributed by atoms with Gasteiger partial charge in [-0.3, -0.25) is 15.4 Å². The van der Waals surface area contributed by atoms with E-state index in [2.05, 4.69) is 31.9 Å². The molecule has 0 fully saturated rings. The second kappa shape index (κ2) is 8.01. The number of urea groups is 1. The van der Waals surface area contributed by atoms with Gasteiger partial charge < -0.3 is 5.32 Å². The summed E-state index contributed by atoms with van der Waals surface area (Å²) in [6, 6.07) is 6.93. The molecular formula is C14H20BrN3O2. The second-order valence-electron chi connectivity index (χ2n) is 4.51. The Balaban J connectivity index is 2.54. The quantitative estimate of drug-likeness (QED) is 0.769. The molecule has 0 aliphatic heterocycles. The van der Waals surface area contributed by atoms with Crippen LogP contribution in [0.5, 0.6) is 0 Å². The maximum absolute atomic E-state index is 11.8. The summed E-state index contributed by atoms with van der Waals surface area (Å²) in [6.07, 6.45) is 0. The summed E-state index contributed by atoms with van der Waals surface area (Å²) >= 11 is 3.42. The number of carbonyl (C=O) groups is 2. The van der Waals surface area contributed by atoms with E-state index in [4.69, 9.17) is 0 Å². The fourth-order valence-corrected chi connectivity index (χ4v) is 2.16. The van der Waals surface area contributed by atoms with Gasteiger partial charge in [0.15, 0.2) is 0 Å². The maximum atomic E-state index is 11.8. The summed E-state index contributed by atoms with van der Waals surface area (Å²) in [5.41, 5.74) is 1.07. The molecule has 2 atom stereocenters. The van der Waals surface area contributed by atoms with Gasteiger partial charge in [-0.2, -0.15) is 0 Å². The highest BCUT2D eigenvalue weighted by Gasteiger charge is 2.18. The van der Waals surface area contributed by atoms with Crippen molar-refractivity contribution in [2.75, 3.05) is 6.54 Å². The Morgan fingerprint density at radius 2 is 2.00 bits per heavy atom. The van der Waals surface area contributed by atoms with Crippen molar-refractivity contribution in [3.63, 3.8) is 0 Å². The van der Waals surface area contributed by atoms with Crippen LogP contribution >= 0.6 is 15.9 Å². The summed E-state index contributed by atoms with van der Waals surface area (Å²) in [5, 5.41) is 7.96. The lowest BCUT2D eigenvalue weighted by Gasteiger charge is -2.20. The van der Waals surface area contributed by atoms with Crippen LogP contribution in [0.15, 0.2) is 28.7 Å². The molecule has 0 aromatic heterocycles. The van der Waals surface area contributed by atoms with Crippen LogP contribution in [0, 0.1) is 0 Å². The molecule has 3 N–H and O–H groups in total. The summed E-state index contributed by atoms with van der Waals surface area (Å²) in [4.78, 5) is 23.1. The summed E-state index contributed by atoms with van der Waals surface area (Å²) in [5.74, 6) is -0.349. The van der Waals surface area contributed by atoms with Gasteiger partial charge in [-0.15, -0.1) is 0 Å². The third-order valence-electron chi connectivity index (χ3n) is 2.82. The van der Waals surface area contributed by atoms with Crippen molar-refractivity contribution in [1.82, 2.24) is 16.0 Å². The van der Waals surface area contributed by atoms with Crippen molar-refractivity contribution in [3.05, 3.63) is 34.3 Å². The van der Waals surface area contributed by atoms with E-state index < -0.39 is 12.1 Å². The summed E-state index contributed by atoms with van der Waals surface area (Å²) in [7, 11) is 0. The fraction of sp³-hybridized carbons (Fsp3) is 0.429. The Morgan fingerprint density at radius 1 is 1.30 bits per heavy atom. The number of rotatable bonds is 5. The lowest BCUT2D eigenvalue weighted by molar-refractivity contribution is -0.121. The highest BCUT2D eigenvalue weighted by Crippen LogP contribution is 2.18. The molecule has 1 aromatic rings. The van der Waals surface area contributed by atoms with Gasteiger partial charge in [-0.1, -0.05) is 28.1 Å². The number of halogens is 1. The average molecular weight is 342 g/mol. The van der Waals surface area contributed by atoms with E-state index in [1.165, 1.54) is 0 Å². The summed E-state index contributed by atoms with van der Waals surface area (Å²) in [6.45, 7) is 5.97. The van der Waals surface area contributed by atoms with Gasteiger partial charge in [0.1, 0.15) is 0 Å². The number of benzene rings is 1. The molecular weight excluding hydrogens is 322 g/mol. The van der Waals surface area contributed by atoms with Crippen LogP contribution in [0.3, 0.4) is 0 Å². The zero-order chi connectivity index (χ0) is 15.1. The molecule has 20 heavy (non-hydrogen) atoms. The number of hydrogen-bond acceptors (Lipinski definition) is 3. The van der Waals surface area contributed by atoms with Crippen molar-refractivity contribution in [3.8, 4) is 0 Å². The van der Waals surface area contributed by atoms with E-state index in [1.54, 1.807) is 13.8 Å². The third-order valence-corrected chi connectivity index (χ3v) is 3.31. The van der Waals surface area contributed by atoms with Gasteiger partial charge in [-0.05, 0) is 38.5 Å². The maximum Gasteiger partial charge on any atom is 0.321 e. The lowest BCUT2D eigenvalue weighted by Crippen LogP contribution is -2.48. The first-order valence-corrected chi connectivity index (χ1v) is 7.33. The molecule has 1 rings (SSSR count). The van der Waals surface area contributed by atoms with Crippen molar-refractivity contribution in [2.24, 2.45) is 0 Å². The molecule has 3 amide bonds. The Bertz CT molecular complexity index is 479. The van der Waals surface area contributed by atoms with Crippen LogP contribution in [0.25, 0.3) is 0 Å². The minimum Gasteiger partial charge on any atom is -0.338 e. The number of hydrogen-bond donors (Lipinski definition) is 3. The van der Waals surface area contributed by atoms with Gasteiger partial charge in [0.05, 0.1) is 6.04 Å². The minimum atomic E-state index is -0.471. The first-order chi connectivity index (χ1) is 9.43. The standard InChI is InChI=1S/C14H20BrN3O2/c1-4-16-14(20)18-13(19)10(3)17-9(2)11-6-5-7-12(15)8-11/h5-10,17H,4H2,1-3H3,(H2,16,18,19,20). The lowest BCUT2D eigenvalue weighted by atomic mass is 10.1. The second-order valence-corrected chi connectivity index (χ2v) is 5.43. The van der Waals surface area contributed by atoms with Crippen molar-refractivity contribution in [1.29, 1.82) is 0 Å². The van der Waals surface area contributed by atoms with Crippen LogP contribution in [0.1, 0.15) is 32.4 Å². The summed E-state index contributed by atoms with van der Waals surface area (Å²) < 4.78 is 0.989. The third kappa shape index (κ3) is 5.30. The smallest absolute Gasteiger partial charge is 0.321 e. The highest BCUT2D eigenvalue weighted by atomic mass is 79.9. The first-order valence-electron chi connectivity index (χ1n) is 6.54. The number of carbonyl (C=O) groups excluding carboxylic acids is 2. The largest absolute Gasteiger partial charge is 0.338 e. The van der Waals surface area contributed by atoms with Gasteiger partial charge in [-0.25, -0.2) is 4.79 Å². The fourth-order valence-electron chi connectivity index (χ4n) is 1.75. The molecule has 0 saturated heterocycles. The molecule has 0 aliphatic rings. The predicted molar refractivity (Wildman–Crippen MR) is 82.4 cm³/mol. The predicted octanol–water partition coefficient (Wildman–Crippen LogP) is 2.33. The van der Waals surface area contributed by atoms with Crippen molar-refractivity contribution < 1.29 is 9.59 Å². The zero-order valence-corrected chi connectivity index (χ0v) is 13.5. The molecule has 0 heterocycles. The van der Waals surface area contributed by atoms with Crippen LogP contribution in [-0.2, 0) is 4.79 Å². The van der Waals surface area contributed by atoms with E-state index in [-0.39, 0.29) is 11.9 Å². The topological polar surface area (TPSA) is 70.2 Å².